The topological polar surface area (TPSA) is 0 Å². The molecule has 25 heavy (non-hydrogen) atoms. The van der Waals surface area contributed by atoms with E-state index in [1.54, 1.807) is 0 Å². The molecule has 0 radical (unpaired) electrons. The van der Waals surface area contributed by atoms with Crippen LogP contribution in [0.3, 0.4) is 0 Å². The van der Waals surface area contributed by atoms with Crippen molar-refractivity contribution in [1.82, 2.24) is 0 Å². The maximum absolute atomic E-state index is 3.68. The monoisotopic (exact) mass is 458 g/mol. The summed E-state index contributed by atoms with van der Waals surface area (Å²) in [5, 5.41) is 0. The van der Waals surface area contributed by atoms with E-state index in [1.165, 1.54) is 35.1 Å². The van der Waals surface area contributed by atoms with E-state index in [-0.39, 0.29) is 5.41 Å². The fourth-order valence-electron chi connectivity index (χ4n) is 3.62. The summed E-state index contributed by atoms with van der Waals surface area (Å²) in [5.41, 5.74) is 5.24. The van der Waals surface area contributed by atoms with Gasteiger partial charge >= 0.3 is 0 Å². The molecule has 0 heterocycles. The predicted octanol–water partition coefficient (Wildman–Crippen LogP) is 8.19. The molecule has 3 rings (SSSR count). The number of rotatable bonds is 6. The Bertz CT molecular complexity index is 745. The van der Waals surface area contributed by atoms with Crippen LogP contribution < -0.4 is 0 Å². The highest BCUT2D eigenvalue weighted by molar-refractivity contribution is 9.10. The number of benzene rings is 2. The summed E-state index contributed by atoms with van der Waals surface area (Å²) in [5.74, 6) is 0. The van der Waals surface area contributed by atoms with E-state index < -0.39 is 0 Å². The minimum atomic E-state index is -0.178. The van der Waals surface area contributed by atoms with Gasteiger partial charge in [-0.25, -0.2) is 0 Å². The number of unbranched alkanes of at least 4 members (excludes halogenated alkanes) is 2. The van der Waals surface area contributed by atoms with Crippen molar-refractivity contribution in [3.8, 4) is 11.1 Å². The lowest BCUT2D eigenvalue weighted by Gasteiger charge is -2.26. The van der Waals surface area contributed by atoms with E-state index in [9.17, 15) is 0 Å². The summed E-state index contributed by atoms with van der Waals surface area (Å²) in [6.45, 7) is 4.46. The normalized spacial score (nSPS) is 15.0. The van der Waals surface area contributed by atoms with Crippen LogP contribution in [-0.4, -0.2) is 0 Å². The van der Waals surface area contributed by atoms with Crippen molar-refractivity contribution >= 4 is 31.9 Å². The van der Waals surface area contributed by atoms with E-state index in [4.69, 9.17) is 0 Å². The Morgan fingerprint density at radius 3 is 1.60 bits per heavy atom. The predicted molar refractivity (Wildman–Crippen MR) is 116 cm³/mol. The highest BCUT2D eigenvalue weighted by Crippen LogP contribution is 2.52. The van der Waals surface area contributed by atoms with Gasteiger partial charge in [-0.3, -0.25) is 0 Å². The first-order valence-electron chi connectivity index (χ1n) is 9.08. The molecule has 0 unspecified atom stereocenters. The fraction of sp³-hybridized carbons (Fsp3) is 0.304. The molecule has 0 spiro atoms. The van der Waals surface area contributed by atoms with E-state index >= 15 is 0 Å². The zero-order valence-corrected chi connectivity index (χ0v) is 18.0. The van der Waals surface area contributed by atoms with Crippen LogP contribution >= 0.6 is 31.9 Å². The molecule has 2 aromatic rings. The Kier molecular flexibility index (Phi) is 6.01. The number of allylic oxidation sites excluding steroid dienone is 4. The molecule has 2 aromatic carbocycles. The summed E-state index contributed by atoms with van der Waals surface area (Å²) >= 11 is 7.36. The average Bonchev–Trinajstić information content (AvgIpc) is 2.85. The Morgan fingerprint density at radius 1 is 0.760 bits per heavy atom. The van der Waals surface area contributed by atoms with E-state index in [0.717, 1.165) is 21.8 Å². The largest absolute Gasteiger partial charge is 0.0870 e. The van der Waals surface area contributed by atoms with Crippen LogP contribution in [0.25, 0.3) is 11.1 Å². The van der Waals surface area contributed by atoms with Crippen molar-refractivity contribution in [3.63, 3.8) is 0 Å². The second-order valence-electron chi connectivity index (χ2n) is 6.63. The van der Waals surface area contributed by atoms with Crippen molar-refractivity contribution in [3.05, 3.63) is 80.8 Å². The molecule has 1 aliphatic carbocycles. The average molecular weight is 460 g/mol. The van der Waals surface area contributed by atoms with Crippen LogP contribution in [-0.2, 0) is 5.41 Å². The van der Waals surface area contributed by atoms with Crippen molar-refractivity contribution in [2.24, 2.45) is 0 Å². The molecular formula is C23H24Br2. The molecule has 0 bridgehead atoms. The van der Waals surface area contributed by atoms with Gasteiger partial charge in [0.1, 0.15) is 0 Å². The van der Waals surface area contributed by atoms with Crippen LogP contribution in [0.4, 0.5) is 0 Å². The molecule has 0 fully saturated rings. The molecule has 0 N–H and O–H groups in total. The second-order valence-corrected chi connectivity index (χ2v) is 8.46. The van der Waals surface area contributed by atoms with Gasteiger partial charge in [0.25, 0.3) is 0 Å². The third-order valence-electron chi connectivity index (χ3n) is 4.82. The number of hydrogen-bond donors (Lipinski definition) is 0. The minimum absolute atomic E-state index is 0.178. The Hall–Kier alpha value is -1.12. The van der Waals surface area contributed by atoms with Crippen LogP contribution in [0.15, 0.2) is 69.6 Å². The molecule has 130 valence electrons. The SMILES string of the molecule is CCCC=CC1(C=CCCC)c2cc(Br)ccc2-c2ccc(Br)cc21. The van der Waals surface area contributed by atoms with Gasteiger partial charge in [-0.1, -0.05) is 95.0 Å². The first-order chi connectivity index (χ1) is 12.1. The summed E-state index contributed by atoms with van der Waals surface area (Å²) in [4.78, 5) is 0. The van der Waals surface area contributed by atoms with E-state index in [2.05, 4.69) is 106 Å². The first kappa shape index (κ1) is 18.7. The van der Waals surface area contributed by atoms with Gasteiger partial charge in [0.05, 0.1) is 5.41 Å². The molecule has 0 saturated carbocycles. The quantitative estimate of drug-likeness (QED) is 0.382. The van der Waals surface area contributed by atoms with Crippen molar-refractivity contribution in [2.45, 2.75) is 44.9 Å². The van der Waals surface area contributed by atoms with Crippen LogP contribution in [0.1, 0.15) is 50.7 Å². The highest BCUT2D eigenvalue weighted by atomic mass is 79.9. The third kappa shape index (κ3) is 3.57. The number of hydrogen-bond acceptors (Lipinski definition) is 0. The molecule has 0 saturated heterocycles. The summed E-state index contributed by atoms with van der Waals surface area (Å²) in [7, 11) is 0. The molecular weight excluding hydrogens is 436 g/mol. The number of fused-ring (bicyclic) bond motifs is 3. The fourth-order valence-corrected chi connectivity index (χ4v) is 4.34. The minimum Gasteiger partial charge on any atom is -0.0870 e. The molecule has 0 nitrogen and oxygen atoms in total. The van der Waals surface area contributed by atoms with Gasteiger partial charge in [0.2, 0.25) is 0 Å². The highest BCUT2D eigenvalue weighted by Gasteiger charge is 2.39. The van der Waals surface area contributed by atoms with Crippen molar-refractivity contribution < 1.29 is 0 Å². The second kappa shape index (κ2) is 8.05. The maximum atomic E-state index is 3.68. The molecule has 1 aliphatic rings. The zero-order chi connectivity index (χ0) is 17.9. The Labute approximate surface area is 168 Å². The molecule has 0 amide bonds. The van der Waals surface area contributed by atoms with Crippen LogP contribution in [0.2, 0.25) is 0 Å². The Balaban J connectivity index is 2.27. The summed E-state index contributed by atoms with van der Waals surface area (Å²) in [6, 6.07) is 13.4. The maximum Gasteiger partial charge on any atom is 0.0575 e. The van der Waals surface area contributed by atoms with Crippen molar-refractivity contribution in [2.75, 3.05) is 0 Å². The zero-order valence-electron chi connectivity index (χ0n) is 14.9. The molecule has 2 heteroatoms. The van der Waals surface area contributed by atoms with Gasteiger partial charge in [-0.2, -0.15) is 0 Å². The lowest BCUT2D eigenvalue weighted by Crippen LogP contribution is -2.19. The van der Waals surface area contributed by atoms with E-state index in [1.807, 2.05) is 0 Å². The Morgan fingerprint density at radius 2 is 1.20 bits per heavy atom. The lowest BCUT2D eigenvalue weighted by atomic mass is 9.77. The summed E-state index contributed by atoms with van der Waals surface area (Å²) < 4.78 is 2.27. The molecule has 0 aliphatic heterocycles. The van der Waals surface area contributed by atoms with Gasteiger partial charge in [0.15, 0.2) is 0 Å². The van der Waals surface area contributed by atoms with E-state index in [0.29, 0.717) is 0 Å². The van der Waals surface area contributed by atoms with Crippen LogP contribution in [0, 0.1) is 0 Å². The van der Waals surface area contributed by atoms with Gasteiger partial charge in [0, 0.05) is 8.95 Å². The van der Waals surface area contributed by atoms with Gasteiger partial charge in [-0.15, -0.1) is 0 Å². The third-order valence-corrected chi connectivity index (χ3v) is 5.80. The van der Waals surface area contributed by atoms with Gasteiger partial charge in [-0.05, 0) is 59.4 Å². The van der Waals surface area contributed by atoms with Crippen LogP contribution in [0.5, 0.6) is 0 Å². The summed E-state index contributed by atoms with van der Waals surface area (Å²) in [6.07, 6.45) is 14.1. The van der Waals surface area contributed by atoms with Gasteiger partial charge < -0.3 is 0 Å². The molecule has 0 atom stereocenters. The number of halogens is 2. The molecule has 0 aromatic heterocycles. The van der Waals surface area contributed by atoms with Crippen molar-refractivity contribution in [1.29, 1.82) is 0 Å². The lowest BCUT2D eigenvalue weighted by molar-refractivity contribution is 0.817. The standard InChI is InChI=1S/C23H24Br2/c1-3-5-7-13-23(14-8-6-4-2)21-15-17(24)9-11-19(21)20-12-10-18(25)16-22(20)23/h7-16H,3-6H2,1-2H3. The smallest absolute Gasteiger partial charge is 0.0575 e. The first-order valence-corrected chi connectivity index (χ1v) is 10.7.